The molecule has 4 aliphatic rings. The Balaban J connectivity index is 1.25. The van der Waals surface area contributed by atoms with E-state index in [2.05, 4.69) is 5.32 Å². The minimum atomic E-state index is -4.10. The lowest BCUT2D eigenvalue weighted by atomic mass is 9.67. The van der Waals surface area contributed by atoms with Crippen LogP contribution in [0.2, 0.25) is 0 Å². The van der Waals surface area contributed by atoms with Gasteiger partial charge in [-0.2, -0.15) is 4.31 Å². The van der Waals surface area contributed by atoms with Gasteiger partial charge in [-0.15, -0.1) is 0 Å². The number of hydrogen-bond acceptors (Lipinski definition) is 9. The lowest BCUT2D eigenvalue weighted by molar-refractivity contribution is -0.132. The van der Waals surface area contributed by atoms with Crippen molar-refractivity contribution < 1.29 is 41.8 Å². The van der Waals surface area contributed by atoms with Crippen LogP contribution in [0.15, 0.2) is 76.7 Å². The topological polar surface area (TPSA) is 149 Å². The van der Waals surface area contributed by atoms with Crippen LogP contribution < -0.4 is 5.32 Å². The average Bonchev–Trinajstić information content (AvgIpc) is 3.37. The van der Waals surface area contributed by atoms with Crippen molar-refractivity contribution in [2.24, 2.45) is 5.41 Å². The molecule has 2 aromatic carbocycles. The Bertz CT molecular complexity index is 1770. The van der Waals surface area contributed by atoms with E-state index in [1.807, 2.05) is 42.3 Å². The van der Waals surface area contributed by atoms with E-state index in [0.717, 1.165) is 17.7 Å². The maximum Gasteiger partial charge on any atom is 0.410 e. The number of likely N-dealkylation sites (N-methyl/N-ethyl adjacent to an activating group) is 1. The minimum absolute atomic E-state index is 0.0901. The highest BCUT2D eigenvalue weighted by Crippen LogP contribution is 2.51. The first-order chi connectivity index (χ1) is 23.5. The summed E-state index contributed by atoms with van der Waals surface area (Å²) in [5, 5.41) is 14.1. The number of fused-ring (bicyclic) bond motifs is 2. The number of carbonyl (C=O) groups excluding carboxylic acids is 3. The van der Waals surface area contributed by atoms with Crippen molar-refractivity contribution in [1.29, 1.82) is 0 Å². The number of sulfonamides is 1. The Labute approximate surface area is 284 Å². The number of halogens is 1. The molecule has 0 saturated carbocycles. The summed E-state index contributed by atoms with van der Waals surface area (Å²) in [7, 11) is -2.21. The second kappa shape index (κ2) is 14.2. The van der Waals surface area contributed by atoms with Crippen LogP contribution in [0, 0.1) is 11.2 Å². The normalized spacial score (nSPS) is 20.3. The maximum absolute atomic E-state index is 14.4. The number of rotatable bonds is 7. The predicted molar refractivity (Wildman–Crippen MR) is 174 cm³/mol. The summed E-state index contributed by atoms with van der Waals surface area (Å²) in [5.41, 5.74) is 0.00230. The largest absolute Gasteiger partial charge is 0.503 e. The third-order valence-electron chi connectivity index (χ3n) is 9.64. The number of aliphatic hydroxyl groups is 1. The number of nitrogens with zero attached hydrogens (tertiary/aromatic N) is 4. The molecule has 0 aromatic heterocycles. The first-order valence-electron chi connectivity index (χ1n) is 16.3. The fraction of sp³-hybridized carbons (Fsp3) is 0.441. The van der Waals surface area contributed by atoms with Gasteiger partial charge in [-0.3, -0.25) is 9.59 Å². The van der Waals surface area contributed by atoms with E-state index in [1.54, 1.807) is 0 Å². The number of hydrogen-bond donors (Lipinski definition) is 2. The molecule has 3 amide bonds. The van der Waals surface area contributed by atoms with Crippen molar-refractivity contribution >= 4 is 27.9 Å². The first kappa shape index (κ1) is 34.4. The van der Waals surface area contributed by atoms with E-state index < -0.39 is 44.9 Å². The number of amides is 3. The Morgan fingerprint density at radius 3 is 2.45 bits per heavy atom. The number of benzene rings is 2. The predicted octanol–water partition coefficient (Wildman–Crippen LogP) is 2.71. The van der Waals surface area contributed by atoms with E-state index in [1.165, 1.54) is 26.4 Å². The number of nitrogens with one attached hydrogen (secondary N) is 1. The van der Waals surface area contributed by atoms with E-state index >= 15 is 0 Å². The summed E-state index contributed by atoms with van der Waals surface area (Å²) < 4.78 is 54.2. The molecular formula is C34H40FN5O8S. The minimum Gasteiger partial charge on any atom is -0.503 e. The standard InChI is InChI=1S/C34H40FN5O8S/c1-37-15-17-39(18-16-37)49(45,46)27-20-26(35)9-8-25(27)21-36-31(42)29-30(41)32(43)40-12-5-19-47-23-28(40)34(29)10-13-38(14-11-34)33(44)48-22-24-6-3-2-4-7-24/h2-4,6-9,20,23,41H,5,10-19,21-22H2,1H3,(H,36,42). The molecule has 2 N–H and O–H groups in total. The number of piperidine rings is 1. The van der Waals surface area contributed by atoms with Crippen LogP contribution in [0.1, 0.15) is 30.4 Å². The second-order valence-corrected chi connectivity index (χ2v) is 14.6. The van der Waals surface area contributed by atoms with Gasteiger partial charge in [0.05, 0.1) is 28.2 Å². The van der Waals surface area contributed by atoms with E-state index in [0.29, 0.717) is 31.8 Å². The number of carbonyl (C=O) groups is 3. The van der Waals surface area contributed by atoms with Crippen molar-refractivity contribution in [1.82, 2.24) is 24.3 Å². The molecule has 4 heterocycles. The van der Waals surface area contributed by atoms with Gasteiger partial charge in [-0.25, -0.2) is 17.6 Å². The van der Waals surface area contributed by atoms with Gasteiger partial charge in [-0.1, -0.05) is 36.4 Å². The quantitative estimate of drug-likeness (QED) is 0.446. The summed E-state index contributed by atoms with van der Waals surface area (Å²) in [6.45, 7) is 2.17. The highest BCUT2D eigenvalue weighted by atomic mass is 32.2. The molecule has 0 bridgehead atoms. The lowest BCUT2D eigenvalue weighted by Gasteiger charge is -2.48. The van der Waals surface area contributed by atoms with Crippen LogP contribution >= 0.6 is 0 Å². The van der Waals surface area contributed by atoms with Gasteiger partial charge in [0.2, 0.25) is 10.0 Å². The van der Waals surface area contributed by atoms with Crippen molar-refractivity contribution in [3.63, 3.8) is 0 Å². The zero-order valence-electron chi connectivity index (χ0n) is 27.3. The first-order valence-corrected chi connectivity index (χ1v) is 17.7. The Morgan fingerprint density at radius 1 is 1.02 bits per heavy atom. The monoisotopic (exact) mass is 697 g/mol. The molecule has 0 aliphatic carbocycles. The molecule has 4 aliphatic heterocycles. The second-order valence-electron chi connectivity index (χ2n) is 12.7. The lowest BCUT2D eigenvalue weighted by Crippen LogP contribution is -2.54. The SMILES string of the molecule is CN1CCN(S(=O)(=O)c2cc(F)ccc2CNC(=O)C2=C(O)C(=O)N3CCCOC=C3C23CCN(C(=O)OCc2ccccc2)CC3)CC1. The van der Waals surface area contributed by atoms with Crippen LogP contribution in [0.3, 0.4) is 0 Å². The van der Waals surface area contributed by atoms with Crippen LogP contribution in [0.4, 0.5) is 9.18 Å². The zero-order valence-corrected chi connectivity index (χ0v) is 28.1. The molecular weight excluding hydrogens is 657 g/mol. The van der Waals surface area contributed by atoms with Crippen molar-refractivity contribution in [2.75, 3.05) is 59.5 Å². The summed E-state index contributed by atoms with van der Waals surface area (Å²) in [5.74, 6) is -3.00. The molecule has 49 heavy (non-hydrogen) atoms. The summed E-state index contributed by atoms with van der Waals surface area (Å²) >= 11 is 0. The molecule has 6 rings (SSSR count). The van der Waals surface area contributed by atoms with Gasteiger partial charge in [-0.05, 0) is 49.6 Å². The number of allylic oxidation sites excluding steroid dienone is 1. The van der Waals surface area contributed by atoms with Gasteiger partial charge in [0.1, 0.15) is 18.7 Å². The van der Waals surface area contributed by atoms with Gasteiger partial charge >= 0.3 is 6.09 Å². The molecule has 1 spiro atoms. The summed E-state index contributed by atoms with van der Waals surface area (Å²) in [6, 6.07) is 12.6. The Hall–Kier alpha value is -4.47. The third-order valence-corrected chi connectivity index (χ3v) is 11.6. The fourth-order valence-electron chi connectivity index (χ4n) is 6.86. The van der Waals surface area contributed by atoms with Crippen LogP contribution in [0.5, 0.6) is 0 Å². The van der Waals surface area contributed by atoms with E-state index in [9.17, 15) is 32.3 Å². The molecule has 2 saturated heterocycles. The molecule has 2 aromatic rings. The molecule has 15 heteroatoms. The Morgan fingerprint density at radius 2 is 1.73 bits per heavy atom. The van der Waals surface area contributed by atoms with E-state index in [-0.39, 0.29) is 74.7 Å². The van der Waals surface area contributed by atoms with Crippen LogP contribution in [0.25, 0.3) is 0 Å². The summed E-state index contributed by atoms with van der Waals surface area (Å²) in [6.07, 6.45) is 1.76. The molecule has 0 unspecified atom stereocenters. The number of piperazine rings is 1. The highest BCUT2D eigenvalue weighted by Gasteiger charge is 2.54. The molecule has 2 fully saturated rings. The van der Waals surface area contributed by atoms with Gasteiger partial charge in [0.25, 0.3) is 11.8 Å². The van der Waals surface area contributed by atoms with Crippen LogP contribution in [-0.2, 0) is 42.2 Å². The van der Waals surface area contributed by atoms with Gasteiger partial charge < -0.3 is 34.6 Å². The van der Waals surface area contributed by atoms with Crippen molar-refractivity contribution in [2.45, 2.75) is 37.3 Å². The molecule has 0 radical (unpaired) electrons. The molecule has 262 valence electrons. The third kappa shape index (κ3) is 6.87. The van der Waals surface area contributed by atoms with Gasteiger partial charge in [0, 0.05) is 52.4 Å². The maximum atomic E-state index is 14.4. The molecule has 13 nitrogen and oxygen atoms in total. The Kier molecular flexibility index (Phi) is 9.95. The highest BCUT2D eigenvalue weighted by molar-refractivity contribution is 7.89. The van der Waals surface area contributed by atoms with Crippen LogP contribution in [-0.4, -0.2) is 110 Å². The van der Waals surface area contributed by atoms with Crippen molar-refractivity contribution in [3.05, 3.63) is 88.8 Å². The zero-order chi connectivity index (χ0) is 34.8. The smallest absolute Gasteiger partial charge is 0.410 e. The number of aliphatic hydroxyl groups excluding tert-OH is 1. The van der Waals surface area contributed by atoms with E-state index in [4.69, 9.17) is 9.47 Å². The fourth-order valence-corrected chi connectivity index (χ4v) is 8.51. The number of likely N-dealkylation sites (tertiary alicyclic amines) is 1. The number of ether oxygens (including phenoxy) is 2. The summed E-state index contributed by atoms with van der Waals surface area (Å²) in [4.78, 5) is 45.2. The molecule has 0 atom stereocenters. The van der Waals surface area contributed by atoms with Gasteiger partial charge in [0.15, 0.2) is 5.76 Å². The average molecular weight is 698 g/mol. The van der Waals surface area contributed by atoms with Crippen molar-refractivity contribution in [3.8, 4) is 0 Å².